The van der Waals surface area contributed by atoms with Crippen LogP contribution in [0.3, 0.4) is 0 Å². The van der Waals surface area contributed by atoms with Crippen molar-refractivity contribution in [1.29, 1.82) is 0 Å². The number of aromatic nitrogens is 1. The van der Waals surface area contributed by atoms with Crippen molar-refractivity contribution in [1.82, 2.24) is 10.3 Å². The number of nitrogens with zero attached hydrogens (tertiary/aromatic N) is 1. The number of nitrogens with one attached hydrogen (secondary N) is 1. The Morgan fingerprint density at radius 2 is 2.00 bits per heavy atom. The Balaban J connectivity index is 2.18. The molecule has 1 N–H and O–H groups in total. The molecule has 0 radical (unpaired) electrons. The first-order valence-electron chi connectivity index (χ1n) is 6.66. The molecular formula is C17H18N2. The summed E-state index contributed by atoms with van der Waals surface area (Å²) in [5, 5.41) is 3.35. The van der Waals surface area contributed by atoms with Crippen LogP contribution in [0, 0.1) is 0 Å². The molecule has 2 aromatic rings. The highest BCUT2D eigenvalue weighted by atomic mass is 14.8. The Labute approximate surface area is 114 Å². The molecule has 2 nitrogen and oxygen atoms in total. The quantitative estimate of drug-likeness (QED) is 0.885. The highest BCUT2D eigenvalue weighted by Crippen LogP contribution is 2.39. The standard InChI is InChI=1S/C17H18N2/c1-12-16(18-2)10-13-6-3-4-8-15(13)17(12)14-7-5-9-19-11-14/h3-9,11,17-18H,10H2,1-2H3. The van der Waals surface area contributed by atoms with Crippen LogP contribution in [0.15, 0.2) is 60.1 Å². The lowest BCUT2D eigenvalue weighted by Crippen LogP contribution is -2.21. The summed E-state index contributed by atoms with van der Waals surface area (Å²) in [6, 6.07) is 12.9. The van der Waals surface area contributed by atoms with Gasteiger partial charge in [-0.1, -0.05) is 30.3 Å². The average molecular weight is 250 g/mol. The minimum absolute atomic E-state index is 0.320. The number of allylic oxidation sites excluding steroid dienone is 2. The molecule has 0 bridgehead atoms. The fraction of sp³-hybridized carbons (Fsp3) is 0.235. The first kappa shape index (κ1) is 12.0. The van der Waals surface area contributed by atoms with Gasteiger partial charge in [-0.15, -0.1) is 0 Å². The molecule has 1 heterocycles. The van der Waals surface area contributed by atoms with Gasteiger partial charge in [0.25, 0.3) is 0 Å². The summed E-state index contributed by atoms with van der Waals surface area (Å²) < 4.78 is 0. The van der Waals surface area contributed by atoms with E-state index in [2.05, 4.69) is 47.6 Å². The Morgan fingerprint density at radius 3 is 2.74 bits per heavy atom. The molecule has 1 aliphatic rings. The van der Waals surface area contributed by atoms with Gasteiger partial charge in [0.1, 0.15) is 0 Å². The first-order chi connectivity index (χ1) is 9.31. The molecule has 3 rings (SSSR count). The Bertz CT molecular complexity index is 614. The molecule has 1 unspecified atom stereocenters. The number of hydrogen-bond acceptors (Lipinski definition) is 2. The second-order valence-corrected chi connectivity index (χ2v) is 5.01. The van der Waals surface area contributed by atoms with Crippen molar-refractivity contribution >= 4 is 0 Å². The van der Waals surface area contributed by atoms with Gasteiger partial charge in [0.15, 0.2) is 0 Å². The summed E-state index contributed by atoms with van der Waals surface area (Å²) in [6.45, 7) is 2.22. The first-order valence-corrected chi connectivity index (χ1v) is 6.66. The maximum atomic E-state index is 4.28. The summed E-state index contributed by atoms with van der Waals surface area (Å²) in [5.41, 5.74) is 6.81. The second-order valence-electron chi connectivity index (χ2n) is 5.01. The molecule has 0 fully saturated rings. The largest absolute Gasteiger partial charge is 0.391 e. The Kier molecular flexibility index (Phi) is 3.08. The van der Waals surface area contributed by atoms with E-state index in [9.17, 15) is 0 Å². The maximum absolute atomic E-state index is 4.28. The Morgan fingerprint density at radius 1 is 1.16 bits per heavy atom. The van der Waals surface area contributed by atoms with E-state index in [0.717, 1.165) is 6.42 Å². The number of likely N-dealkylation sites (N-methyl/N-ethyl adjacent to an activating group) is 1. The number of hydrogen-bond donors (Lipinski definition) is 1. The molecule has 1 aromatic carbocycles. The van der Waals surface area contributed by atoms with Crippen molar-refractivity contribution in [3.8, 4) is 0 Å². The van der Waals surface area contributed by atoms with E-state index in [-0.39, 0.29) is 0 Å². The van der Waals surface area contributed by atoms with Gasteiger partial charge in [0, 0.05) is 37.5 Å². The van der Waals surface area contributed by atoms with Gasteiger partial charge in [0.05, 0.1) is 0 Å². The summed E-state index contributed by atoms with van der Waals surface area (Å²) in [4.78, 5) is 4.28. The summed E-state index contributed by atoms with van der Waals surface area (Å²) in [6.07, 6.45) is 4.80. The van der Waals surface area contributed by atoms with E-state index in [0.29, 0.717) is 5.92 Å². The van der Waals surface area contributed by atoms with Gasteiger partial charge in [0.2, 0.25) is 0 Å². The van der Waals surface area contributed by atoms with E-state index < -0.39 is 0 Å². The van der Waals surface area contributed by atoms with Crippen molar-refractivity contribution in [2.24, 2.45) is 0 Å². The van der Waals surface area contributed by atoms with Gasteiger partial charge in [-0.2, -0.15) is 0 Å². The molecule has 0 spiro atoms. The third-order valence-corrected chi connectivity index (χ3v) is 3.96. The van der Waals surface area contributed by atoms with Crippen molar-refractivity contribution in [3.63, 3.8) is 0 Å². The van der Waals surface area contributed by atoms with E-state index >= 15 is 0 Å². The third kappa shape index (κ3) is 2.03. The zero-order valence-electron chi connectivity index (χ0n) is 11.4. The van der Waals surface area contributed by atoms with Crippen LogP contribution >= 0.6 is 0 Å². The van der Waals surface area contributed by atoms with Crippen molar-refractivity contribution in [2.45, 2.75) is 19.3 Å². The van der Waals surface area contributed by atoms with Crippen LogP contribution in [0.25, 0.3) is 0 Å². The molecule has 0 amide bonds. The van der Waals surface area contributed by atoms with E-state index in [1.165, 1.54) is 28.0 Å². The topological polar surface area (TPSA) is 24.9 Å². The number of rotatable bonds is 2. The Hall–Kier alpha value is -2.09. The predicted octanol–water partition coefficient (Wildman–Crippen LogP) is 3.26. The predicted molar refractivity (Wildman–Crippen MR) is 78.0 cm³/mol. The molecule has 0 aliphatic heterocycles. The SMILES string of the molecule is CNC1=C(C)C(c2cccnc2)c2ccccc2C1. The molecule has 1 aromatic heterocycles. The van der Waals surface area contributed by atoms with Gasteiger partial charge in [-0.25, -0.2) is 0 Å². The normalized spacial score (nSPS) is 18.1. The van der Waals surface area contributed by atoms with Gasteiger partial charge in [-0.3, -0.25) is 4.98 Å². The monoisotopic (exact) mass is 250 g/mol. The molecule has 0 saturated carbocycles. The van der Waals surface area contributed by atoms with Crippen LogP contribution in [-0.2, 0) is 6.42 Å². The van der Waals surface area contributed by atoms with Crippen LogP contribution in [0.4, 0.5) is 0 Å². The van der Waals surface area contributed by atoms with Gasteiger partial charge in [-0.05, 0) is 35.3 Å². The molecule has 1 atom stereocenters. The van der Waals surface area contributed by atoms with Gasteiger partial charge >= 0.3 is 0 Å². The van der Waals surface area contributed by atoms with Crippen molar-refractivity contribution < 1.29 is 0 Å². The number of benzene rings is 1. The molecular weight excluding hydrogens is 232 g/mol. The third-order valence-electron chi connectivity index (χ3n) is 3.96. The lowest BCUT2D eigenvalue weighted by atomic mass is 9.77. The fourth-order valence-corrected chi connectivity index (χ4v) is 2.98. The number of fused-ring (bicyclic) bond motifs is 1. The minimum atomic E-state index is 0.320. The van der Waals surface area contributed by atoms with Crippen molar-refractivity contribution in [3.05, 3.63) is 76.8 Å². The molecule has 2 heteroatoms. The minimum Gasteiger partial charge on any atom is -0.391 e. The van der Waals surface area contributed by atoms with Crippen LogP contribution in [0.1, 0.15) is 29.5 Å². The molecule has 0 saturated heterocycles. The highest BCUT2D eigenvalue weighted by molar-refractivity contribution is 5.49. The van der Waals surface area contributed by atoms with Crippen LogP contribution in [0.2, 0.25) is 0 Å². The lowest BCUT2D eigenvalue weighted by molar-refractivity contribution is 0.783. The summed E-state index contributed by atoms with van der Waals surface area (Å²) in [7, 11) is 2.01. The fourth-order valence-electron chi connectivity index (χ4n) is 2.98. The van der Waals surface area contributed by atoms with Crippen LogP contribution in [-0.4, -0.2) is 12.0 Å². The molecule has 1 aliphatic carbocycles. The van der Waals surface area contributed by atoms with Gasteiger partial charge < -0.3 is 5.32 Å². The smallest absolute Gasteiger partial charge is 0.0334 e. The van der Waals surface area contributed by atoms with E-state index in [4.69, 9.17) is 0 Å². The van der Waals surface area contributed by atoms with Crippen LogP contribution < -0.4 is 5.32 Å². The summed E-state index contributed by atoms with van der Waals surface area (Å²) in [5.74, 6) is 0.320. The van der Waals surface area contributed by atoms with Crippen LogP contribution in [0.5, 0.6) is 0 Å². The summed E-state index contributed by atoms with van der Waals surface area (Å²) >= 11 is 0. The average Bonchev–Trinajstić information content (AvgIpc) is 2.47. The lowest BCUT2D eigenvalue weighted by Gasteiger charge is -2.29. The van der Waals surface area contributed by atoms with E-state index in [1.54, 1.807) is 0 Å². The zero-order chi connectivity index (χ0) is 13.2. The zero-order valence-corrected chi connectivity index (χ0v) is 11.4. The maximum Gasteiger partial charge on any atom is 0.0334 e. The second kappa shape index (κ2) is 4.88. The molecule has 96 valence electrons. The van der Waals surface area contributed by atoms with Crippen molar-refractivity contribution in [2.75, 3.05) is 7.05 Å². The van der Waals surface area contributed by atoms with E-state index in [1.807, 2.05) is 25.5 Å². The number of pyridine rings is 1. The molecule has 19 heavy (non-hydrogen) atoms. The highest BCUT2D eigenvalue weighted by Gasteiger charge is 2.25.